The molecule has 1 fully saturated rings. The number of hydrogen-bond donors (Lipinski definition) is 3. The van der Waals surface area contributed by atoms with Gasteiger partial charge in [-0.25, -0.2) is 4.79 Å². The Morgan fingerprint density at radius 3 is 2.35 bits per heavy atom. The van der Waals surface area contributed by atoms with Gasteiger partial charge in [0.2, 0.25) is 5.91 Å². The Balaban J connectivity index is 1.85. The van der Waals surface area contributed by atoms with Crippen LogP contribution in [-0.4, -0.2) is 28.1 Å². The molecule has 2 bridgehead atoms. The van der Waals surface area contributed by atoms with E-state index < -0.39 is 29.7 Å². The van der Waals surface area contributed by atoms with Crippen LogP contribution in [0.15, 0.2) is 34.8 Å². The second-order valence-corrected chi connectivity index (χ2v) is 6.68. The number of rotatable bonds is 4. The minimum absolute atomic E-state index is 0.0473. The summed E-state index contributed by atoms with van der Waals surface area (Å²) in [7, 11) is 0. The van der Waals surface area contributed by atoms with Gasteiger partial charge in [-0.3, -0.25) is 9.59 Å². The van der Waals surface area contributed by atoms with Crippen LogP contribution in [0.1, 0.15) is 16.8 Å². The number of allylic oxidation sites excluding steroid dienone is 2. The van der Waals surface area contributed by atoms with Crippen LogP contribution in [0.2, 0.25) is 0 Å². The summed E-state index contributed by atoms with van der Waals surface area (Å²) < 4.78 is 0.543. The fourth-order valence-corrected chi connectivity index (χ4v) is 3.83. The van der Waals surface area contributed by atoms with Crippen molar-refractivity contribution in [3.63, 3.8) is 0 Å². The van der Waals surface area contributed by atoms with Crippen molar-refractivity contribution in [2.45, 2.75) is 6.42 Å². The normalized spacial score (nSPS) is 27.9. The standard InChI is InChI=1S/C16H14BrNO5/c17-10-4-3-9(15(20)21)6-11(10)18-14(19)12-7-1-2-8(5-7)13(12)16(22)23/h1-4,6-8,12-13H,5H2,(H,18,19)(H,20,21)(H,22,23). The number of benzene rings is 1. The third kappa shape index (κ3) is 2.76. The topological polar surface area (TPSA) is 104 Å². The van der Waals surface area contributed by atoms with Crippen LogP contribution in [0, 0.1) is 23.7 Å². The molecule has 0 heterocycles. The summed E-state index contributed by atoms with van der Waals surface area (Å²) in [6, 6.07) is 4.31. The molecule has 6 nitrogen and oxygen atoms in total. The van der Waals surface area contributed by atoms with Gasteiger partial charge in [0.15, 0.2) is 0 Å². The van der Waals surface area contributed by atoms with Crippen molar-refractivity contribution < 1.29 is 24.6 Å². The van der Waals surface area contributed by atoms with Gasteiger partial charge >= 0.3 is 11.9 Å². The molecule has 3 N–H and O–H groups in total. The third-order valence-corrected chi connectivity index (χ3v) is 5.21. The van der Waals surface area contributed by atoms with E-state index in [-0.39, 0.29) is 17.4 Å². The van der Waals surface area contributed by atoms with E-state index in [4.69, 9.17) is 5.11 Å². The molecule has 1 aromatic carbocycles. The number of anilines is 1. The summed E-state index contributed by atoms with van der Waals surface area (Å²) in [5, 5.41) is 21.1. The first-order valence-corrected chi connectivity index (χ1v) is 7.92. The summed E-state index contributed by atoms with van der Waals surface area (Å²) in [6.45, 7) is 0. The fraction of sp³-hybridized carbons (Fsp3) is 0.312. The average Bonchev–Trinajstić information content (AvgIpc) is 3.09. The first-order valence-electron chi connectivity index (χ1n) is 7.13. The van der Waals surface area contributed by atoms with Crippen LogP contribution in [0.4, 0.5) is 5.69 Å². The summed E-state index contributed by atoms with van der Waals surface area (Å²) in [4.78, 5) is 35.1. The average molecular weight is 380 g/mol. The molecule has 7 heteroatoms. The number of carbonyl (C=O) groups excluding carboxylic acids is 1. The molecule has 2 aliphatic carbocycles. The largest absolute Gasteiger partial charge is 0.481 e. The zero-order valence-electron chi connectivity index (χ0n) is 11.9. The lowest BCUT2D eigenvalue weighted by Crippen LogP contribution is -2.36. The van der Waals surface area contributed by atoms with Crippen molar-refractivity contribution in [3.8, 4) is 0 Å². The Morgan fingerprint density at radius 2 is 1.74 bits per heavy atom. The molecule has 0 radical (unpaired) electrons. The van der Waals surface area contributed by atoms with Crippen molar-refractivity contribution >= 4 is 39.5 Å². The first-order chi connectivity index (χ1) is 10.9. The van der Waals surface area contributed by atoms with Gasteiger partial charge in [-0.2, -0.15) is 0 Å². The predicted molar refractivity (Wildman–Crippen MR) is 85.1 cm³/mol. The lowest BCUT2D eigenvalue weighted by Gasteiger charge is -2.24. The molecule has 23 heavy (non-hydrogen) atoms. The van der Waals surface area contributed by atoms with E-state index in [0.29, 0.717) is 16.6 Å². The van der Waals surface area contributed by atoms with Crippen LogP contribution in [-0.2, 0) is 9.59 Å². The highest BCUT2D eigenvalue weighted by Crippen LogP contribution is 2.48. The SMILES string of the molecule is O=C(O)c1ccc(Br)c(NC(=O)C2C3C=CC(C3)C2C(=O)O)c1. The molecule has 1 aromatic rings. The highest BCUT2D eigenvalue weighted by molar-refractivity contribution is 9.10. The van der Waals surface area contributed by atoms with Crippen molar-refractivity contribution in [2.24, 2.45) is 23.7 Å². The van der Waals surface area contributed by atoms with Crippen molar-refractivity contribution in [3.05, 3.63) is 40.4 Å². The number of carbonyl (C=O) groups is 3. The second-order valence-electron chi connectivity index (χ2n) is 5.83. The van der Waals surface area contributed by atoms with Gasteiger partial charge in [0.05, 0.1) is 23.1 Å². The third-order valence-electron chi connectivity index (χ3n) is 4.52. The van der Waals surface area contributed by atoms with Gasteiger partial charge in [-0.15, -0.1) is 0 Å². The molecule has 4 unspecified atom stereocenters. The van der Waals surface area contributed by atoms with Gasteiger partial charge < -0.3 is 15.5 Å². The van der Waals surface area contributed by atoms with E-state index in [0.717, 1.165) is 0 Å². The predicted octanol–water partition coefficient (Wildman–Crippen LogP) is 2.61. The smallest absolute Gasteiger partial charge is 0.335 e. The molecule has 0 saturated heterocycles. The molecule has 1 saturated carbocycles. The molecule has 0 aliphatic heterocycles. The highest BCUT2D eigenvalue weighted by Gasteiger charge is 2.51. The minimum Gasteiger partial charge on any atom is -0.481 e. The summed E-state index contributed by atoms with van der Waals surface area (Å²) in [5.41, 5.74) is 0.372. The second kappa shape index (κ2) is 5.81. The van der Waals surface area contributed by atoms with E-state index >= 15 is 0 Å². The number of halogens is 1. The monoisotopic (exact) mass is 379 g/mol. The molecule has 4 atom stereocenters. The lowest BCUT2D eigenvalue weighted by molar-refractivity contribution is -0.146. The van der Waals surface area contributed by atoms with Gasteiger partial charge in [-0.1, -0.05) is 12.2 Å². The van der Waals surface area contributed by atoms with Gasteiger partial charge in [0, 0.05) is 4.47 Å². The number of amides is 1. The molecule has 0 spiro atoms. The quantitative estimate of drug-likeness (QED) is 0.697. The lowest BCUT2D eigenvalue weighted by atomic mass is 9.82. The molecular formula is C16H14BrNO5. The number of carboxylic acids is 2. The zero-order valence-corrected chi connectivity index (χ0v) is 13.5. The summed E-state index contributed by atoms with van der Waals surface area (Å²) in [6.07, 6.45) is 4.44. The van der Waals surface area contributed by atoms with E-state index in [1.165, 1.54) is 18.2 Å². The molecule has 120 valence electrons. The molecule has 0 aromatic heterocycles. The van der Waals surface area contributed by atoms with Crippen LogP contribution in [0.25, 0.3) is 0 Å². The van der Waals surface area contributed by atoms with Crippen LogP contribution in [0.5, 0.6) is 0 Å². The van der Waals surface area contributed by atoms with Crippen LogP contribution >= 0.6 is 15.9 Å². The van der Waals surface area contributed by atoms with E-state index in [1.807, 2.05) is 12.2 Å². The number of carboxylic acid groups (broad SMARTS) is 2. The number of aliphatic carboxylic acids is 1. The highest BCUT2D eigenvalue weighted by atomic mass is 79.9. The Labute approximate surface area is 140 Å². The van der Waals surface area contributed by atoms with Crippen LogP contribution < -0.4 is 5.32 Å². The molecule has 3 rings (SSSR count). The Morgan fingerprint density at radius 1 is 1.09 bits per heavy atom. The molecule has 2 aliphatic rings. The van der Waals surface area contributed by atoms with Gasteiger partial charge in [0.1, 0.15) is 0 Å². The Kier molecular flexibility index (Phi) is 3.97. The molecule has 1 amide bonds. The minimum atomic E-state index is -1.10. The van der Waals surface area contributed by atoms with E-state index in [2.05, 4.69) is 21.2 Å². The number of nitrogens with one attached hydrogen (secondary N) is 1. The van der Waals surface area contributed by atoms with Gasteiger partial charge in [-0.05, 0) is 52.4 Å². The zero-order chi connectivity index (χ0) is 16.7. The summed E-state index contributed by atoms with van der Waals surface area (Å²) >= 11 is 3.26. The van der Waals surface area contributed by atoms with E-state index in [9.17, 15) is 19.5 Å². The fourth-order valence-electron chi connectivity index (χ4n) is 3.49. The number of aromatic carboxylic acids is 1. The number of hydrogen-bond acceptors (Lipinski definition) is 3. The van der Waals surface area contributed by atoms with Crippen LogP contribution in [0.3, 0.4) is 0 Å². The van der Waals surface area contributed by atoms with E-state index in [1.54, 1.807) is 0 Å². The van der Waals surface area contributed by atoms with Gasteiger partial charge in [0.25, 0.3) is 0 Å². The Bertz CT molecular complexity index is 729. The van der Waals surface area contributed by atoms with Crippen molar-refractivity contribution in [1.29, 1.82) is 0 Å². The maximum absolute atomic E-state index is 12.6. The number of fused-ring (bicyclic) bond motifs is 2. The summed E-state index contributed by atoms with van der Waals surface area (Å²) in [5.74, 6) is -4.02. The maximum Gasteiger partial charge on any atom is 0.335 e. The first kappa shape index (κ1) is 15.7. The maximum atomic E-state index is 12.6. The van der Waals surface area contributed by atoms with Crippen molar-refractivity contribution in [2.75, 3.05) is 5.32 Å². The molecular weight excluding hydrogens is 366 g/mol. The Hall–Kier alpha value is -2.15. The van der Waals surface area contributed by atoms with Crippen molar-refractivity contribution in [1.82, 2.24) is 0 Å².